The van der Waals surface area contributed by atoms with Crippen molar-refractivity contribution in [3.63, 3.8) is 0 Å². The molecular weight excluding hydrogens is 481 g/mol. The molecule has 1 saturated heterocycles. The van der Waals surface area contributed by atoms with Crippen LogP contribution in [0.25, 0.3) is 11.1 Å². The molecule has 35 heavy (non-hydrogen) atoms. The summed E-state index contributed by atoms with van der Waals surface area (Å²) in [5, 5.41) is 4.58. The fourth-order valence-corrected chi connectivity index (χ4v) is 5.51. The second-order valence-electron chi connectivity index (χ2n) is 8.95. The van der Waals surface area contributed by atoms with Crippen LogP contribution in [-0.4, -0.2) is 32.3 Å². The maximum absolute atomic E-state index is 12.2. The maximum atomic E-state index is 12.2. The topological polar surface area (TPSA) is 47.6 Å². The van der Waals surface area contributed by atoms with Crippen molar-refractivity contribution in [1.82, 2.24) is 5.32 Å². The number of allylic oxidation sites excluding steroid dienone is 1. The van der Waals surface area contributed by atoms with Gasteiger partial charge in [0.1, 0.15) is 11.9 Å². The molecule has 0 radical (unpaired) electrons. The van der Waals surface area contributed by atoms with Crippen LogP contribution >= 0.6 is 23.2 Å². The summed E-state index contributed by atoms with van der Waals surface area (Å²) in [5.41, 5.74) is 7.14. The minimum Gasteiger partial charge on any atom is -0.489 e. The summed E-state index contributed by atoms with van der Waals surface area (Å²) in [6, 6.07) is 19.8. The van der Waals surface area contributed by atoms with Gasteiger partial charge in [-0.15, -0.1) is 0 Å². The summed E-state index contributed by atoms with van der Waals surface area (Å²) in [5.74, 6) is 0.537. The van der Waals surface area contributed by atoms with Gasteiger partial charge in [0.2, 0.25) is 0 Å². The summed E-state index contributed by atoms with van der Waals surface area (Å²) in [4.78, 5) is 12.2. The lowest BCUT2D eigenvalue weighted by Crippen LogP contribution is -2.19. The van der Waals surface area contributed by atoms with Crippen LogP contribution in [0.15, 0.2) is 60.7 Å². The maximum Gasteiger partial charge on any atom is 0.337 e. The average molecular weight is 508 g/mol. The molecule has 1 aliphatic carbocycles. The van der Waals surface area contributed by atoms with E-state index in [0.717, 1.165) is 72.3 Å². The Morgan fingerprint density at radius 2 is 1.77 bits per heavy atom. The number of hydrogen-bond donors (Lipinski definition) is 1. The number of benzene rings is 3. The first-order valence-electron chi connectivity index (χ1n) is 11.9. The van der Waals surface area contributed by atoms with Gasteiger partial charge in [0.05, 0.1) is 12.7 Å². The Morgan fingerprint density at radius 3 is 2.49 bits per heavy atom. The van der Waals surface area contributed by atoms with Crippen molar-refractivity contribution in [2.24, 2.45) is 0 Å². The first-order chi connectivity index (χ1) is 17.0. The Kier molecular flexibility index (Phi) is 7.14. The molecule has 1 heterocycles. The number of esters is 1. The van der Waals surface area contributed by atoms with E-state index in [1.54, 1.807) is 6.07 Å². The monoisotopic (exact) mass is 507 g/mol. The predicted molar refractivity (Wildman–Crippen MR) is 141 cm³/mol. The molecular formula is C29H27Cl2NO3. The Labute approximate surface area is 215 Å². The summed E-state index contributed by atoms with van der Waals surface area (Å²) >= 11 is 12.9. The molecule has 0 saturated carbocycles. The van der Waals surface area contributed by atoms with Gasteiger partial charge in [-0.1, -0.05) is 47.5 Å². The van der Waals surface area contributed by atoms with E-state index < -0.39 is 0 Å². The first kappa shape index (κ1) is 23.9. The Morgan fingerprint density at radius 1 is 0.971 bits per heavy atom. The zero-order chi connectivity index (χ0) is 24.4. The van der Waals surface area contributed by atoms with Gasteiger partial charge in [0.25, 0.3) is 0 Å². The van der Waals surface area contributed by atoms with Crippen molar-refractivity contribution in [3.8, 4) is 5.75 Å². The van der Waals surface area contributed by atoms with E-state index >= 15 is 0 Å². The molecule has 1 atom stereocenters. The zero-order valence-electron chi connectivity index (χ0n) is 19.6. The van der Waals surface area contributed by atoms with Gasteiger partial charge >= 0.3 is 5.97 Å². The predicted octanol–water partition coefficient (Wildman–Crippen LogP) is 6.82. The lowest BCUT2D eigenvalue weighted by atomic mass is 9.87. The van der Waals surface area contributed by atoms with Crippen LogP contribution in [0, 0.1) is 0 Å². The zero-order valence-corrected chi connectivity index (χ0v) is 21.1. The highest BCUT2D eigenvalue weighted by Crippen LogP contribution is 2.42. The minimum absolute atomic E-state index is 0.207. The van der Waals surface area contributed by atoms with Gasteiger partial charge < -0.3 is 14.8 Å². The molecule has 1 aliphatic heterocycles. The van der Waals surface area contributed by atoms with Gasteiger partial charge in [0, 0.05) is 16.6 Å². The van der Waals surface area contributed by atoms with Crippen LogP contribution in [-0.2, 0) is 11.2 Å². The summed E-state index contributed by atoms with van der Waals surface area (Å²) in [6.07, 6.45) is 3.87. The van der Waals surface area contributed by atoms with Crippen LogP contribution in [0.1, 0.15) is 51.9 Å². The molecule has 5 rings (SSSR count). The summed E-state index contributed by atoms with van der Waals surface area (Å²) in [7, 11) is 1.41. The van der Waals surface area contributed by atoms with Crippen molar-refractivity contribution in [1.29, 1.82) is 0 Å². The van der Waals surface area contributed by atoms with E-state index in [2.05, 4.69) is 17.4 Å². The van der Waals surface area contributed by atoms with Crippen molar-refractivity contribution >= 4 is 40.3 Å². The number of rotatable bonds is 5. The minimum atomic E-state index is -0.327. The molecule has 3 aromatic carbocycles. The van der Waals surface area contributed by atoms with E-state index in [1.807, 2.05) is 42.5 Å². The van der Waals surface area contributed by atoms with E-state index in [4.69, 9.17) is 32.7 Å². The fourth-order valence-electron chi connectivity index (χ4n) is 4.99. The number of carbonyl (C=O) groups is 1. The number of carbonyl (C=O) groups excluding carboxylic acids is 1. The van der Waals surface area contributed by atoms with Crippen LogP contribution in [0.4, 0.5) is 0 Å². The quantitative estimate of drug-likeness (QED) is 0.385. The summed E-state index contributed by atoms with van der Waals surface area (Å²) in [6.45, 7) is 1.87. The number of methoxy groups -OCH3 is 1. The number of ether oxygens (including phenoxy) is 2. The summed E-state index contributed by atoms with van der Waals surface area (Å²) < 4.78 is 11.1. The van der Waals surface area contributed by atoms with E-state index in [-0.39, 0.29) is 12.1 Å². The number of aryl methyl sites for hydroxylation is 1. The molecule has 6 heteroatoms. The Bertz CT molecular complexity index is 1280. The van der Waals surface area contributed by atoms with Gasteiger partial charge in [-0.25, -0.2) is 4.79 Å². The van der Waals surface area contributed by atoms with Crippen LogP contribution in [0.3, 0.4) is 0 Å². The highest BCUT2D eigenvalue weighted by molar-refractivity contribution is 6.36. The number of nitrogens with one attached hydrogen (secondary N) is 1. The van der Waals surface area contributed by atoms with Gasteiger partial charge in [0.15, 0.2) is 0 Å². The van der Waals surface area contributed by atoms with Crippen LogP contribution in [0.5, 0.6) is 5.75 Å². The third-order valence-electron chi connectivity index (χ3n) is 6.69. The van der Waals surface area contributed by atoms with Crippen LogP contribution < -0.4 is 10.1 Å². The van der Waals surface area contributed by atoms with Gasteiger partial charge in [-0.2, -0.15) is 0 Å². The first-order valence-corrected chi connectivity index (χ1v) is 12.7. The van der Waals surface area contributed by atoms with Gasteiger partial charge in [-0.05, 0) is 102 Å². The van der Waals surface area contributed by atoms with E-state index in [9.17, 15) is 4.79 Å². The highest BCUT2D eigenvalue weighted by atomic mass is 35.5. The lowest BCUT2D eigenvalue weighted by molar-refractivity contribution is 0.0600. The standard InChI is InChI=1S/C29H27Cl2NO3/c1-34-29(33)20-7-11-24-19(15-20)3-2-4-26(25-12-8-21(30)16-27(25)31)28(24)18-5-9-22(10-6-18)35-23-13-14-32-17-23/h5-12,15-16,23,32H,2-4,13-14,17H2,1H3/t23-/m0/s1. The average Bonchev–Trinajstić information content (AvgIpc) is 3.30. The number of fused-ring (bicyclic) bond motifs is 1. The van der Waals surface area contributed by atoms with Crippen molar-refractivity contribution < 1.29 is 14.3 Å². The lowest BCUT2D eigenvalue weighted by Gasteiger charge is -2.19. The molecule has 1 fully saturated rings. The van der Waals surface area contributed by atoms with Crippen LogP contribution in [0.2, 0.25) is 10.0 Å². The molecule has 0 aromatic heterocycles. The highest BCUT2D eigenvalue weighted by Gasteiger charge is 2.23. The largest absolute Gasteiger partial charge is 0.489 e. The van der Waals surface area contributed by atoms with Crippen molar-refractivity contribution in [2.75, 3.05) is 20.2 Å². The fraction of sp³-hybridized carbons (Fsp3) is 0.276. The molecule has 3 aromatic rings. The second-order valence-corrected chi connectivity index (χ2v) is 9.80. The molecule has 1 N–H and O–H groups in total. The molecule has 180 valence electrons. The smallest absolute Gasteiger partial charge is 0.337 e. The number of halogens is 2. The third kappa shape index (κ3) is 5.11. The third-order valence-corrected chi connectivity index (χ3v) is 7.24. The number of hydrogen-bond acceptors (Lipinski definition) is 4. The molecule has 0 bridgehead atoms. The van der Waals surface area contributed by atoms with Crippen molar-refractivity contribution in [2.45, 2.75) is 31.8 Å². The Balaban J connectivity index is 1.63. The van der Waals surface area contributed by atoms with E-state index in [0.29, 0.717) is 15.6 Å². The van der Waals surface area contributed by atoms with E-state index in [1.165, 1.54) is 12.7 Å². The molecule has 0 unspecified atom stereocenters. The SMILES string of the molecule is COC(=O)c1ccc2c(c1)CCCC(c1ccc(Cl)cc1Cl)=C2c1ccc(O[C@H]2CCNC2)cc1. The van der Waals surface area contributed by atoms with Gasteiger partial charge in [-0.3, -0.25) is 0 Å². The molecule has 2 aliphatic rings. The Hall–Kier alpha value is -2.79. The molecule has 0 spiro atoms. The van der Waals surface area contributed by atoms with Crippen molar-refractivity contribution in [3.05, 3.63) is 98.5 Å². The normalized spacial score (nSPS) is 17.6. The second kappa shape index (κ2) is 10.4. The molecule has 0 amide bonds. The molecule has 4 nitrogen and oxygen atoms in total.